The van der Waals surface area contributed by atoms with Crippen LogP contribution in [0.3, 0.4) is 0 Å². The lowest BCUT2D eigenvalue weighted by Gasteiger charge is -2.48. The SMILES string of the molecule is O=C(NC1CCN(c2nnc(C3CC3)o2)C12CCC2)c1cncs1. The largest absolute Gasteiger partial charge is 0.408 e. The van der Waals surface area contributed by atoms with Gasteiger partial charge in [-0.3, -0.25) is 9.78 Å². The summed E-state index contributed by atoms with van der Waals surface area (Å²) in [7, 11) is 0. The molecule has 8 heteroatoms. The van der Waals surface area contributed by atoms with Gasteiger partial charge >= 0.3 is 6.01 Å². The number of hydrogen-bond donors (Lipinski definition) is 1. The second-order valence-electron chi connectivity index (χ2n) is 6.99. The first-order valence-corrected chi connectivity index (χ1v) is 9.45. The highest BCUT2D eigenvalue weighted by Gasteiger charge is 2.55. The molecule has 2 aromatic rings. The molecule has 2 aromatic heterocycles. The number of rotatable bonds is 4. The molecule has 1 unspecified atom stereocenters. The molecule has 1 amide bonds. The van der Waals surface area contributed by atoms with Crippen molar-refractivity contribution in [3.63, 3.8) is 0 Å². The zero-order chi connectivity index (χ0) is 16.1. The first-order chi connectivity index (χ1) is 11.8. The molecule has 0 radical (unpaired) electrons. The van der Waals surface area contributed by atoms with Gasteiger partial charge in [0.1, 0.15) is 4.88 Å². The molecular weight excluding hydrogens is 326 g/mol. The predicted molar refractivity (Wildman–Crippen MR) is 88.2 cm³/mol. The highest BCUT2D eigenvalue weighted by Crippen LogP contribution is 2.48. The van der Waals surface area contributed by atoms with Crippen molar-refractivity contribution in [2.75, 3.05) is 11.4 Å². The van der Waals surface area contributed by atoms with Gasteiger partial charge in [0.2, 0.25) is 5.89 Å². The van der Waals surface area contributed by atoms with Crippen molar-refractivity contribution in [1.82, 2.24) is 20.5 Å². The van der Waals surface area contributed by atoms with Gasteiger partial charge < -0.3 is 14.6 Å². The van der Waals surface area contributed by atoms with Crippen LogP contribution in [-0.4, -0.2) is 39.2 Å². The van der Waals surface area contributed by atoms with Crippen LogP contribution in [0.2, 0.25) is 0 Å². The predicted octanol–water partition coefficient (Wildman–Crippen LogP) is 2.33. The zero-order valence-corrected chi connectivity index (χ0v) is 14.1. The summed E-state index contributed by atoms with van der Waals surface area (Å²) in [5.74, 6) is 1.21. The van der Waals surface area contributed by atoms with Crippen LogP contribution in [-0.2, 0) is 0 Å². The number of aromatic nitrogens is 3. The van der Waals surface area contributed by atoms with Crippen molar-refractivity contribution in [2.45, 2.75) is 56.0 Å². The lowest BCUT2D eigenvalue weighted by Crippen LogP contribution is -2.60. The lowest BCUT2D eigenvalue weighted by molar-refractivity contribution is 0.0897. The van der Waals surface area contributed by atoms with Gasteiger partial charge in [-0.2, -0.15) is 0 Å². The van der Waals surface area contributed by atoms with Gasteiger partial charge in [0.15, 0.2) is 0 Å². The van der Waals surface area contributed by atoms with E-state index in [9.17, 15) is 4.79 Å². The highest BCUT2D eigenvalue weighted by molar-refractivity contribution is 7.11. The van der Waals surface area contributed by atoms with Crippen molar-refractivity contribution in [3.8, 4) is 0 Å². The Balaban J connectivity index is 1.37. The molecule has 3 fully saturated rings. The maximum absolute atomic E-state index is 12.4. The zero-order valence-electron chi connectivity index (χ0n) is 13.3. The maximum Gasteiger partial charge on any atom is 0.318 e. The van der Waals surface area contributed by atoms with Gasteiger partial charge in [-0.05, 0) is 38.5 Å². The average Bonchev–Trinajstić information content (AvgIpc) is 2.99. The van der Waals surface area contributed by atoms with E-state index in [1.807, 2.05) is 0 Å². The number of nitrogens with one attached hydrogen (secondary N) is 1. The Labute approximate surface area is 143 Å². The molecule has 24 heavy (non-hydrogen) atoms. The molecule has 1 saturated heterocycles. The van der Waals surface area contributed by atoms with Gasteiger partial charge in [-0.25, -0.2) is 0 Å². The van der Waals surface area contributed by atoms with Crippen LogP contribution in [0.5, 0.6) is 0 Å². The second kappa shape index (κ2) is 5.27. The fraction of sp³-hybridized carbons (Fsp3) is 0.625. The fourth-order valence-corrected chi connectivity index (χ4v) is 4.50. The van der Waals surface area contributed by atoms with E-state index in [2.05, 4.69) is 25.4 Å². The third-order valence-electron chi connectivity index (χ3n) is 5.60. The van der Waals surface area contributed by atoms with E-state index in [1.165, 1.54) is 17.8 Å². The number of carbonyl (C=O) groups is 1. The second-order valence-corrected chi connectivity index (χ2v) is 7.87. The van der Waals surface area contributed by atoms with Gasteiger partial charge in [0, 0.05) is 12.5 Å². The van der Waals surface area contributed by atoms with Crippen LogP contribution in [0.15, 0.2) is 16.1 Å². The topological polar surface area (TPSA) is 84.2 Å². The minimum absolute atomic E-state index is 0.0279. The Bertz CT molecular complexity index is 750. The summed E-state index contributed by atoms with van der Waals surface area (Å²) in [5.41, 5.74) is 1.63. The van der Waals surface area contributed by atoms with E-state index in [1.54, 1.807) is 11.7 Å². The highest BCUT2D eigenvalue weighted by atomic mass is 32.1. The fourth-order valence-electron chi connectivity index (χ4n) is 3.98. The Morgan fingerprint density at radius 1 is 1.33 bits per heavy atom. The van der Waals surface area contributed by atoms with Crippen LogP contribution >= 0.6 is 11.3 Å². The van der Waals surface area contributed by atoms with Crippen molar-refractivity contribution in [3.05, 3.63) is 22.5 Å². The van der Waals surface area contributed by atoms with Crippen molar-refractivity contribution in [2.24, 2.45) is 0 Å². The number of carbonyl (C=O) groups excluding carboxylic acids is 1. The van der Waals surface area contributed by atoms with Gasteiger partial charge in [-0.15, -0.1) is 16.4 Å². The number of nitrogens with zero attached hydrogens (tertiary/aromatic N) is 4. The van der Waals surface area contributed by atoms with Crippen molar-refractivity contribution < 1.29 is 9.21 Å². The summed E-state index contributed by atoms with van der Waals surface area (Å²) in [6.07, 6.45) is 8.13. The Morgan fingerprint density at radius 3 is 2.88 bits per heavy atom. The third kappa shape index (κ3) is 2.16. The first kappa shape index (κ1) is 14.4. The Kier molecular flexibility index (Phi) is 3.16. The van der Waals surface area contributed by atoms with Crippen LogP contribution in [0.1, 0.15) is 60.0 Å². The van der Waals surface area contributed by atoms with Crippen LogP contribution in [0.25, 0.3) is 0 Å². The molecule has 2 aliphatic carbocycles. The number of amides is 1. The molecule has 7 nitrogen and oxygen atoms in total. The van der Waals surface area contributed by atoms with Crippen molar-refractivity contribution >= 4 is 23.3 Å². The number of hydrogen-bond acceptors (Lipinski definition) is 7. The molecule has 0 aromatic carbocycles. The lowest BCUT2D eigenvalue weighted by atomic mass is 9.72. The van der Waals surface area contributed by atoms with E-state index in [0.29, 0.717) is 16.8 Å². The minimum atomic E-state index is -0.0618. The maximum atomic E-state index is 12.4. The third-order valence-corrected chi connectivity index (χ3v) is 6.37. The van der Waals surface area contributed by atoms with Crippen LogP contribution < -0.4 is 10.2 Å². The van der Waals surface area contributed by atoms with E-state index < -0.39 is 0 Å². The van der Waals surface area contributed by atoms with Crippen LogP contribution in [0, 0.1) is 0 Å². The van der Waals surface area contributed by atoms with Gasteiger partial charge in [0.25, 0.3) is 5.91 Å². The molecule has 1 spiro atoms. The quantitative estimate of drug-likeness (QED) is 0.915. The molecule has 0 bridgehead atoms. The molecule has 126 valence electrons. The molecule has 3 aliphatic rings. The van der Waals surface area contributed by atoms with Crippen molar-refractivity contribution in [1.29, 1.82) is 0 Å². The standard InChI is InChI=1S/C16H19N5O2S/c22-13(11-8-17-9-24-11)18-12-4-7-21(16(12)5-1-6-16)15-20-19-14(23-15)10-2-3-10/h8-10,12H,1-7H2,(H,18,22). The smallest absolute Gasteiger partial charge is 0.318 e. The summed E-state index contributed by atoms with van der Waals surface area (Å²) in [5, 5.41) is 11.7. The number of thiazole rings is 1. The summed E-state index contributed by atoms with van der Waals surface area (Å²) in [4.78, 5) is 19.3. The monoisotopic (exact) mass is 345 g/mol. The van der Waals surface area contributed by atoms with E-state index in [0.717, 1.165) is 44.5 Å². The van der Waals surface area contributed by atoms with E-state index in [-0.39, 0.29) is 17.5 Å². The number of anilines is 1. The van der Waals surface area contributed by atoms with Gasteiger partial charge in [-0.1, -0.05) is 5.10 Å². The Hall–Kier alpha value is -1.96. The van der Waals surface area contributed by atoms with E-state index in [4.69, 9.17) is 4.42 Å². The molecule has 5 rings (SSSR count). The van der Waals surface area contributed by atoms with E-state index >= 15 is 0 Å². The molecule has 1 atom stereocenters. The summed E-state index contributed by atoms with van der Waals surface area (Å²) >= 11 is 1.37. The molecule has 1 aliphatic heterocycles. The minimum Gasteiger partial charge on any atom is -0.408 e. The molecule has 3 heterocycles. The summed E-state index contributed by atoms with van der Waals surface area (Å²) in [6, 6.07) is 0.753. The summed E-state index contributed by atoms with van der Waals surface area (Å²) < 4.78 is 5.93. The summed E-state index contributed by atoms with van der Waals surface area (Å²) in [6.45, 7) is 0.847. The Morgan fingerprint density at radius 2 is 2.21 bits per heavy atom. The average molecular weight is 345 g/mol. The normalized spacial score (nSPS) is 25.0. The molecule has 1 N–H and O–H groups in total. The first-order valence-electron chi connectivity index (χ1n) is 8.57. The van der Waals surface area contributed by atoms with Gasteiger partial charge in [0.05, 0.1) is 23.3 Å². The van der Waals surface area contributed by atoms with Crippen LogP contribution in [0.4, 0.5) is 6.01 Å². The molecule has 2 saturated carbocycles. The molecular formula is C16H19N5O2S.